The van der Waals surface area contributed by atoms with Gasteiger partial charge in [0, 0.05) is 11.9 Å². The summed E-state index contributed by atoms with van der Waals surface area (Å²) in [4.78, 5) is 22.7. The molecule has 2 rings (SSSR count). The number of carbonyl (C=O) groups excluding carboxylic acids is 2. The third-order valence-corrected chi connectivity index (χ3v) is 3.23. The summed E-state index contributed by atoms with van der Waals surface area (Å²) in [5.74, 6) is -0.476. The number of hydrazone groups is 1. The Labute approximate surface area is 142 Å². The van der Waals surface area contributed by atoms with Crippen LogP contribution in [0.15, 0.2) is 47.6 Å². The van der Waals surface area contributed by atoms with Gasteiger partial charge < -0.3 is 4.74 Å². The monoisotopic (exact) mass is 350 g/mol. The van der Waals surface area contributed by atoms with Gasteiger partial charge in [-0.3, -0.25) is 4.79 Å². The molecular formula is C16H12Cl2N2O3. The van der Waals surface area contributed by atoms with E-state index in [1.165, 1.54) is 25.3 Å². The van der Waals surface area contributed by atoms with Crippen molar-refractivity contribution < 1.29 is 14.3 Å². The lowest BCUT2D eigenvalue weighted by Gasteiger charge is -2.06. The second-order valence-electron chi connectivity index (χ2n) is 4.51. The first-order valence-electron chi connectivity index (χ1n) is 6.52. The molecule has 23 heavy (non-hydrogen) atoms. The van der Waals surface area contributed by atoms with Crippen LogP contribution in [0.4, 0.5) is 0 Å². The number of halogens is 2. The lowest BCUT2D eigenvalue weighted by atomic mass is 10.2. The number of hydrogen-bond donors (Lipinski definition) is 1. The first-order chi connectivity index (χ1) is 11.0. The molecule has 0 bridgehead atoms. The summed E-state index contributed by atoms with van der Waals surface area (Å²) >= 11 is 11.7. The van der Waals surface area contributed by atoms with E-state index in [1.807, 2.05) is 0 Å². The van der Waals surface area contributed by atoms with Crippen molar-refractivity contribution in [1.29, 1.82) is 0 Å². The molecule has 0 saturated carbocycles. The molecule has 0 fully saturated rings. The number of carbonyl (C=O) groups is 2. The summed E-state index contributed by atoms with van der Waals surface area (Å²) in [6.07, 6.45) is 1.48. The van der Waals surface area contributed by atoms with Gasteiger partial charge >= 0.3 is 5.97 Å². The topological polar surface area (TPSA) is 67.8 Å². The third kappa shape index (κ3) is 5.09. The minimum atomic E-state index is -0.577. The van der Waals surface area contributed by atoms with Gasteiger partial charge in [0.2, 0.25) is 5.91 Å². The molecule has 0 aromatic heterocycles. The summed E-state index contributed by atoms with van der Waals surface area (Å²) in [5.41, 5.74) is 3.26. The third-order valence-electron chi connectivity index (χ3n) is 2.68. The Morgan fingerprint density at radius 1 is 1.13 bits per heavy atom. The Kier molecular flexibility index (Phi) is 5.73. The van der Waals surface area contributed by atoms with Crippen LogP contribution in [0, 0.1) is 0 Å². The fourth-order valence-electron chi connectivity index (χ4n) is 1.64. The Balaban J connectivity index is 2.04. The highest BCUT2D eigenvalue weighted by atomic mass is 35.5. The number of nitrogens with zero attached hydrogens (tertiary/aromatic N) is 1. The summed E-state index contributed by atoms with van der Waals surface area (Å²) in [6.45, 7) is 1.36. The molecule has 0 heterocycles. The zero-order chi connectivity index (χ0) is 16.8. The van der Waals surface area contributed by atoms with Crippen LogP contribution in [0.3, 0.4) is 0 Å². The number of esters is 1. The van der Waals surface area contributed by atoms with E-state index < -0.39 is 5.97 Å². The molecule has 0 saturated heterocycles. The summed E-state index contributed by atoms with van der Waals surface area (Å²) in [5, 5.41) is 4.40. The summed E-state index contributed by atoms with van der Waals surface area (Å²) < 4.78 is 5.24. The van der Waals surface area contributed by atoms with Crippen LogP contribution in [-0.4, -0.2) is 18.1 Å². The molecule has 5 nitrogen and oxygen atoms in total. The summed E-state index contributed by atoms with van der Waals surface area (Å²) in [7, 11) is 0. The fourth-order valence-corrected chi connectivity index (χ4v) is 2.12. The standard InChI is InChI=1S/C16H12Cl2N2O3/c1-10(21)20-19-9-11-2-5-13(6-3-11)23-16(22)14-7-4-12(17)8-15(14)18/h2-9H,1H3,(H,20,21)/b19-9+. The molecule has 0 atom stereocenters. The molecule has 118 valence electrons. The highest BCUT2D eigenvalue weighted by Gasteiger charge is 2.13. The van der Waals surface area contributed by atoms with Crippen LogP contribution in [0.25, 0.3) is 0 Å². The van der Waals surface area contributed by atoms with Crippen molar-refractivity contribution in [2.75, 3.05) is 0 Å². The summed E-state index contributed by atoms with van der Waals surface area (Å²) in [6, 6.07) is 11.1. The van der Waals surface area contributed by atoms with Crippen molar-refractivity contribution in [3.05, 3.63) is 63.6 Å². The van der Waals surface area contributed by atoms with Crippen molar-refractivity contribution in [3.8, 4) is 5.75 Å². The molecule has 1 amide bonds. The smallest absolute Gasteiger partial charge is 0.345 e. The van der Waals surface area contributed by atoms with E-state index in [1.54, 1.807) is 30.3 Å². The first-order valence-corrected chi connectivity index (χ1v) is 7.28. The van der Waals surface area contributed by atoms with Crippen LogP contribution in [0.1, 0.15) is 22.8 Å². The zero-order valence-corrected chi connectivity index (χ0v) is 13.6. The number of nitrogens with one attached hydrogen (secondary N) is 1. The van der Waals surface area contributed by atoms with Crippen LogP contribution in [0.5, 0.6) is 5.75 Å². The predicted molar refractivity (Wildman–Crippen MR) is 89.3 cm³/mol. The van der Waals surface area contributed by atoms with Crippen molar-refractivity contribution in [1.82, 2.24) is 5.43 Å². The van der Waals surface area contributed by atoms with E-state index in [0.717, 1.165) is 5.56 Å². The van der Waals surface area contributed by atoms with Crippen LogP contribution in [-0.2, 0) is 4.79 Å². The molecule has 0 aliphatic carbocycles. The van der Waals surface area contributed by atoms with E-state index >= 15 is 0 Å². The largest absolute Gasteiger partial charge is 0.423 e. The van der Waals surface area contributed by atoms with Gasteiger partial charge in [0.05, 0.1) is 16.8 Å². The van der Waals surface area contributed by atoms with E-state index in [4.69, 9.17) is 27.9 Å². The van der Waals surface area contributed by atoms with Crippen molar-refractivity contribution in [3.63, 3.8) is 0 Å². The van der Waals surface area contributed by atoms with Gasteiger partial charge in [-0.15, -0.1) is 0 Å². The second-order valence-corrected chi connectivity index (χ2v) is 5.35. The Morgan fingerprint density at radius 2 is 1.83 bits per heavy atom. The van der Waals surface area contributed by atoms with E-state index in [9.17, 15) is 9.59 Å². The Morgan fingerprint density at radius 3 is 2.43 bits per heavy atom. The minimum absolute atomic E-state index is 0.224. The van der Waals surface area contributed by atoms with Crippen LogP contribution >= 0.6 is 23.2 Å². The maximum Gasteiger partial charge on any atom is 0.345 e. The lowest BCUT2D eigenvalue weighted by Crippen LogP contribution is -2.12. The molecule has 1 N–H and O–H groups in total. The quantitative estimate of drug-likeness (QED) is 0.395. The molecule has 0 radical (unpaired) electrons. The Bertz CT molecular complexity index is 758. The van der Waals surface area contributed by atoms with Crippen molar-refractivity contribution in [2.45, 2.75) is 6.92 Å². The Hall–Kier alpha value is -2.37. The zero-order valence-electron chi connectivity index (χ0n) is 12.0. The lowest BCUT2D eigenvalue weighted by molar-refractivity contribution is -0.118. The van der Waals surface area contributed by atoms with Gasteiger partial charge in [-0.05, 0) is 48.0 Å². The number of rotatable bonds is 4. The number of ether oxygens (including phenoxy) is 1. The molecule has 0 aliphatic rings. The maximum absolute atomic E-state index is 12.1. The predicted octanol–water partition coefficient (Wildman–Crippen LogP) is 3.68. The van der Waals surface area contributed by atoms with Crippen LogP contribution < -0.4 is 10.2 Å². The minimum Gasteiger partial charge on any atom is -0.423 e. The van der Waals surface area contributed by atoms with Crippen LogP contribution in [0.2, 0.25) is 10.0 Å². The molecule has 0 aliphatic heterocycles. The SMILES string of the molecule is CC(=O)N/N=C/c1ccc(OC(=O)c2ccc(Cl)cc2Cl)cc1. The maximum atomic E-state index is 12.1. The second kappa shape index (κ2) is 7.76. The van der Waals surface area contributed by atoms with Gasteiger partial charge in [0.1, 0.15) is 5.75 Å². The average Bonchev–Trinajstić information content (AvgIpc) is 2.48. The van der Waals surface area contributed by atoms with Gasteiger partial charge in [-0.1, -0.05) is 23.2 Å². The highest BCUT2D eigenvalue weighted by molar-refractivity contribution is 6.36. The first kappa shape index (κ1) is 17.0. The number of amides is 1. The normalized spacial score (nSPS) is 10.6. The van der Waals surface area contributed by atoms with Crippen molar-refractivity contribution in [2.24, 2.45) is 5.10 Å². The molecule has 0 unspecified atom stereocenters. The van der Waals surface area contributed by atoms with Crippen molar-refractivity contribution >= 4 is 41.3 Å². The molecular weight excluding hydrogens is 339 g/mol. The molecule has 2 aromatic rings. The highest BCUT2D eigenvalue weighted by Crippen LogP contribution is 2.22. The van der Waals surface area contributed by atoms with E-state index in [0.29, 0.717) is 10.8 Å². The van der Waals surface area contributed by atoms with Gasteiger partial charge in [0.25, 0.3) is 0 Å². The van der Waals surface area contributed by atoms with Gasteiger partial charge in [-0.25, -0.2) is 10.2 Å². The fraction of sp³-hybridized carbons (Fsp3) is 0.0625. The molecule has 2 aromatic carbocycles. The average molecular weight is 351 g/mol. The molecule has 0 spiro atoms. The van der Waals surface area contributed by atoms with Gasteiger partial charge in [0.15, 0.2) is 0 Å². The van der Waals surface area contributed by atoms with E-state index in [-0.39, 0.29) is 16.5 Å². The number of hydrogen-bond acceptors (Lipinski definition) is 4. The van der Waals surface area contributed by atoms with Gasteiger partial charge in [-0.2, -0.15) is 5.10 Å². The number of benzene rings is 2. The molecule has 7 heteroatoms. The van der Waals surface area contributed by atoms with E-state index in [2.05, 4.69) is 10.5 Å².